The molecular formula is C44H94Cl2N2O. The standard InChI is InChI=1S/C44H94N2O.2ClH/c1-7-9-11-13-15-17-19-21-23-25-27-29-31-33-35-37-39-45(3,4)41-43-47-44-42-46(5,6)40-38-36-34-32-30-28-26-24-22-20-18-16-14-12-10-8-2;;/h7-44H2,1-6H3;2*1H/q+2;;/p-2. The number of nitrogens with zero attached hydrogens (tertiary/aromatic N) is 2. The van der Waals surface area contributed by atoms with Gasteiger partial charge in [-0.3, -0.25) is 0 Å². The van der Waals surface area contributed by atoms with Gasteiger partial charge in [0.15, 0.2) is 0 Å². The molecule has 0 spiro atoms. The van der Waals surface area contributed by atoms with Gasteiger partial charge in [-0.25, -0.2) is 0 Å². The van der Waals surface area contributed by atoms with Crippen molar-refractivity contribution >= 4 is 0 Å². The molecule has 0 atom stereocenters. The number of hydrogen-bond donors (Lipinski definition) is 0. The first-order chi connectivity index (χ1) is 22.8. The van der Waals surface area contributed by atoms with Gasteiger partial charge < -0.3 is 38.5 Å². The van der Waals surface area contributed by atoms with E-state index in [-0.39, 0.29) is 24.8 Å². The monoisotopic (exact) mass is 737 g/mol. The number of rotatable bonds is 40. The number of quaternary nitrogens is 2. The van der Waals surface area contributed by atoms with E-state index in [4.69, 9.17) is 4.74 Å². The summed E-state index contributed by atoms with van der Waals surface area (Å²) in [6.45, 7) is 11.3. The van der Waals surface area contributed by atoms with Gasteiger partial charge in [0.05, 0.1) is 54.5 Å². The summed E-state index contributed by atoms with van der Waals surface area (Å²) in [6, 6.07) is 0. The molecule has 0 aliphatic heterocycles. The Bertz CT molecular complexity index is 551. The average Bonchev–Trinajstić information content (AvgIpc) is 3.04. The second-order valence-corrected chi connectivity index (χ2v) is 17.0. The summed E-state index contributed by atoms with van der Waals surface area (Å²) in [7, 11) is 9.58. The third-order valence-electron chi connectivity index (χ3n) is 10.9. The topological polar surface area (TPSA) is 9.23 Å². The van der Waals surface area contributed by atoms with Gasteiger partial charge in [-0.15, -0.1) is 0 Å². The number of halogens is 2. The Hall–Kier alpha value is 0.460. The molecule has 0 heterocycles. The molecular weight excluding hydrogens is 643 g/mol. The summed E-state index contributed by atoms with van der Waals surface area (Å²) in [4.78, 5) is 0. The molecule has 0 aromatic rings. The summed E-state index contributed by atoms with van der Waals surface area (Å²) >= 11 is 0. The third-order valence-corrected chi connectivity index (χ3v) is 10.9. The minimum Gasteiger partial charge on any atom is -1.00 e. The van der Waals surface area contributed by atoms with Crippen molar-refractivity contribution in [3.8, 4) is 0 Å². The van der Waals surface area contributed by atoms with Crippen LogP contribution in [0.25, 0.3) is 0 Å². The van der Waals surface area contributed by atoms with Crippen LogP contribution in [0.2, 0.25) is 0 Å². The molecule has 49 heavy (non-hydrogen) atoms. The summed E-state index contributed by atoms with van der Waals surface area (Å²) in [5, 5.41) is 0. The van der Waals surface area contributed by atoms with Crippen LogP contribution in [-0.4, -0.2) is 76.5 Å². The molecule has 0 aromatic heterocycles. The lowest BCUT2D eigenvalue weighted by molar-refractivity contribution is -0.894. The molecule has 300 valence electrons. The lowest BCUT2D eigenvalue weighted by Crippen LogP contribution is -3.00. The van der Waals surface area contributed by atoms with E-state index in [1.54, 1.807) is 0 Å². The van der Waals surface area contributed by atoms with Crippen LogP contribution in [-0.2, 0) is 4.74 Å². The van der Waals surface area contributed by atoms with Crippen molar-refractivity contribution in [1.29, 1.82) is 0 Å². The summed E-state index contributed by atoms with van der Waals surface area (Å²) < 4.78 is 8.35. The van der Waals surface area contributed by atoms with Crippen molar-refractivity contribution in [1.82, 2.24) is 0 Å². The van der Waals surface area contributed by atoms with E-state index >= 15 is 0 Å². The van der Waals surface area contributed by atoms with Crippen molar-refractivity contribution in [2.75, 3.05) is 67.6 Å². The Balaban J connectivity index is -0.0000106. The van der Waals surface area contributed by atoms with Crippen molar-refractivity contribution in [2.45, 2.75) is 219 Å². The van der Waals surface area contributed by atoms with Crippen LogP contribution in [0.4, 0.5) is 0 Å². The summed E-state index contributed by atoms with van der Waals surface area (Å²) in [6.07, 6.45) is 46.3. The van der Waals surface area contributed by atoms with Gasteiger partial charge >= 0.3 is 0 Å². The molecule has 5 heteroatoms. The van der Waals surface area contributed by atoms with Crippen molar-refractivity contribution in [3.63, 3.8) is 0 Å². The molecule has 3 nitrogen and oxygen atoms in total. The maximum Gasteiger partial charge on any atom is 0.102 e. The lowest BCUT2D eigenvalue weighted by atomic mass is 10.0. The smallest absolute Gasteiger partial charge is 0.102 e. The van der Waals surface area contributed by atoms with E-state index in [0.29, 0.717) is 0 Å². The maximum atomic E-state index is 6.14. The fourth-order valence-corrected chi connectivity index (χ4v) is 7.12. The predicted molar refractivity (Wildman–Crippen MR) is 214 cm³/mol. The van der Waals surface area contributed by atoms with Crippen LogP contribution in [0.1, 0.15) is 219 Å². The summed E-state index contributed by atoms with van der Waals surface area (Å²) in [5.74, 6) is 0. The van der Waals surface area contributed by atoms with Crippen LogP contribution in [0, 0.1) is 0 Å². The Morgan fingerprint density at radius 3 is 0.653 bits per heavy atom. The maximum absolute atomic E-state index is 6.14. The zero-order chi connectivity index (χ0) is 34.6. The second kappa shape index (κ2) is 41.2. The van der Waals surface area contributed by atoms with Gasteiger partial charge in [0.25, 0.3) is 0 Å². The quantitative estimate of drug-likeness (QED) is 0.0464. The zero-order valence-electron chi connectivity index (χ0n) is 34.9. The van der Waals surface area contributed by atoms with E-state index in [0.717, 1.165) is 35.3 Å². The lowest BCUT2D eigenvalue weighted by Gasteiger charge is -2.31. The van der Waals surface area contributed by atoms with Crippen molar-refractivity contribution in [2.24, 2.45) is 0 Å². The average molecular weight is 738 g/mol. The Labute approximate surface area is 324 Å². The number of likely N-dealkylation sites (N-methyl/N-ethyl adjacent to an activating group) is 2. The van der Waals surface area contributed by atoms with Gasteiger partial charge in [0.2, 0.25) is 0 Å². The molecule has 0 radical (unpaired) electrons. The number of hydrogen-bond acceptors (Lipinski definition) is 1. The Morgan fingerprint density at radius 1 is 0.265 bits per heavy atom. The largest absolute Gasteiger partial charge is 1.00 e. The van der Waals surface area contributed by atoms with Crippen molar-refractivity contribution < 1.29 is 38.5 Å². The van der Waals surface area contributed by atoms with E-state index in [1.165, 1.54) is 219 Å². The van der Waals surface area contributed by atoms with Gasteiger partial charge in [-0.05, 0) is 25.7 Å². The van der Waals surface area contributed by atoms with Gasteiger partial charge in [-0.1, -0.05) is 194 Å². The van der Waals surface area contributed by atoms with Crippen molar-refractivity contribution in [3.05, 3.63) is 0 Å². The SMILES string of the molecule is CCCCCCCCCCCCCCCCCC[N+](C)(C)CCOCC[N+](C)(C)CCCCCCCCCCCCCCCCCC.[Cl-].[Cl-]. The predicted octanol–water partition coefficient (Wildman–Crippen LogP) is 7.69. The minimum absolute atomic E-state index is 0. The molecule has 0 rings (SSSR count). The number of unbranched alkanes of at least 4 members (excludes halogenated alkanes) is 30. The molecule has 0 N–H and O–H groups in total. The molecule has 0 aliphatic carbocycles. The Kier molecular flexibility index (Phi) is 45.3. The first-order valence-electron chi connectivity index (χ1n) is 22.0. The Morgan fingerprint density at radius 2 is 0.449 bits per heavy atom. The highest BCUT2D eigenvalue weighted by atomic mass is 35.5. The molecule has 0 aliphatic rings. The van der Waals surface area contributed by atoms with Gasteiger partial charge in [-0.2, -0.15) is 0 Å². The molecule has 0 fully saturated rings. The highest BCUT2D eigenvalue weighted by Gasteiger charge is 2.16. The van der Waals surface area contributed by atoms with Crippen LogP contribution >= 0.6 is 0 Å². The first kappa shape index (κ1) is 53.8. The van der Waals surface area contributed by atoms with Crippen LogP contribution < -0.4 is 24.8 Å². The van der Waals surface area contributed by atoms with Crippen LogP contribution in [0.15, 0.2) is 0 Å². The first-order valence-corrected chi connectivity index (χ1v) is 22.0. The highest BCUT2D eigenvalue weighted by Crippen LogP contribution is 2.16. The fraction of sp³-hybridized carbons (Fsp3) is 1.00. The van der Waals surface area contributed by atoms with E-state index in [9.17, 15) is 0 Å². The molecule has 0 saturated heterocycles. The third kappa shape index (κ3) is 44.5. The fourth-order valence-electron chi connectivity index (χ4n) is 7.12. The summed E-state index contributed by atoms with van der Waals surface area (Å²) in [5.41, 5.74) is 0. The molecule has 0 unspecified atom stereocenters. The highest BCUT2D eigenvalue weighted by molar-refractivity contribution is 4.52. The van der Waals surface area contributed by atoms with E-state index < -0.39 is 0 Å². The second-order valence-electron chi connectivity index (χ2n) is 17.0. The molecule has 0 aromatic carbocycles. The van der Waals surface area contributed by atoms with E-state index in [2.05, 4.69) is 42.0 Å². The zero-order valence-corrected chi connectivity index (χ0v) is 36.4. The minimum atomic E-state index is 0. The normalized spacial score (nSPS) is 11.9. The molecule has 0 amide bonds. The van der Waals surface area contributed by atoms with Gasteiger partial charge in [0, 0.05) is 0 Å². The number of ether oxygens (including phenoxy) is 1. The molecule has 0 saturated carbocycles. The van der Waals surface area contributed by atoms with Crippen LogP contribution in [0.3, 0.4) is 0 Å². The van der Waals surface area contributed by atoms with E-state index in [1.807, 2.05) is 0 Å². The van der Waals surface area contributed by atoms with Crippen LogP contribution in [0.5, 0.6) is 0 Å². The van der Waals surface area contributed by atoms with Gasteiger partial charge in [0.1, 0.15) is 13.1 Å². The molecule has 0 bridgehead atoms.